The Labute approximate surface area is 135 Å². The third kappa shape index (κ3) is 3.33. The van der Waals surface area contributed by atoms with Crippen molar-refractivity contribution in [3.63, 3.8) is 0 Å². The molecule has 1 aromatic carbocycles. The lowest BCUT2D eigenvalue weighted by atomic mass is 9.94. The molecule has 1 unspecified atom stereocenters. The number of halogens is 1. The molecule has 21 heavy (non-hydrogen) atoms. The van der Waals surface area contributed by atoms with Gasteiger partial charge in [-0.1, -0.05) is 12.1 Å². The van der Waals surface area contributed by atoms with Crippen LogP contribution in [0.25, 0.3) is 0 Å². The smallest absolute Gasteiger partial charge is 0.269 e. The molecule has 0 amide bonds. The molecular formula is C15H15BrN2O2S. The van der Waals surface area contributed by atoms with Crippen molar-refractivity contribution in [2.24, 2.45) is 0 Å². The van der Waals surface area contributed by atoms with E-state index in [-0.39, 0.29) is 10.6 Å². The summed E-state index contributed by atoms with van der Waals surface area (Å²) in [7, 11) is 0. The van der Waals surface area contributed by atoms with Crippen LogP contribution in [0.2, 0.25) is 0 Å². The van der Waals surface area contributed by atoms with Crippen molar-refractivity contribution in [2.75, 3.05) is 0 Å². The van der Waals surface area contributed by atoms with Gasteiger partial charge in [0.15, 0.2) is 0 Å². The molecule has 0 radical (unpaired) electrons. The van der Waals surface area contributed by atoms with Crippen molar-refractivity contribution in [3.05, 3.63) is 60.2 Å². The predicted octanol–water partition coefficient (Wildman–Crippen LogP) is 4.59. The standard InChI is InChI=1S/C15H15BrN2O2S/c16-15-8-12-13(2-1-3-14(12)21-15)17-9-10-4-6-11(7-5-10)18(19)20/h4-8,13,17H,1-3,9H2. The lowest BCUT2D eigenvalue weighted by Gasteiger charge is -2.23. The highest BCUT2D eigenvalue weighted by Crippen LogP contribution is 2.38. The Morgan fingerprint density at radius 1 is 1.38 bits per heavy atom. The average molecular weight is 367 g/mol. The quantitative estimate of drug-likeness (QED) is 0.635. The number of hydrogen-bond acceptors (Lipinski definition) is 4. The number of benzene rings is 1. The summed E-state index contributed by atoms with van der Waals surface area (Å²) in [5.74, 6) is 0. The zero-order chi connectivity index (χ0) is 14.8. The van der Waals surface area contributed by atoms with Crippen molar-refractivity contribution < 1.29 is 4.92 Å². The molecule has 4 nitrogen and oxygen atoms in total. The van der Waals surface area contributed by atoms with Crippen molar-refractivity contribution >= 4 is 33.0 Å². The van der Waals surface area contributed by atoms with E-state index < -0.39 is 0 Å². The number of fused-ring (bicyclic) bond motifs is 1. The minimum atomic E-state index is -0.368. The summed E-state index contributed by atoms with van der Waals surface area (Å²) in [4.78, 5) is 11.7. The first-order valence-electron chi connectivity index (χ1n) is 6.88. The second kappa shape index (κ2) is 6.25. The minimum Gasteiger partial charge on any atom is -0.306 e. The number of nitro groups is 1. The maximum atomic E-state index is 10.6. The number of non-ortho nitro benzene ring substituents is 1. The Hall–Kier alpha value is -1.24. The lowest BCUT2D eigenvalue weighted by molar-refractivity contribution is -0.384. The maximum Gasteiger partial charge on any atom is 0.269 e. The number of nitro benzene ring substituents is 1. The molecule has 0 saturated heterocycles. The first-order valence-corrected chi connectivity index (χ1v) is 8.49. The van der Waals surface area contributed by atoms with E-state index in [9.17, 15) is 10.1 Å². The molecule has 0 fully saturated rings. The van der Waals surface area contributed by atoms with E-state index in [1.54, 1.807) is 12.1 Å². The van der Waals surface area contributed by atoms with Crippen molar-refractivity contribution in [2.45, 2.75) is 31.8 Å². The second-order valence-corrected chi connectivity index (χ2v) is 7.69. The third-order valence-corrected chi connectivity index (χ3v) is 5.50. The molecule has 1 aliphatic carbocycles. The summed E-state index contributed by atoms with van der Waals surface area (Å²) < 4.78 is 1.19. The van der Waals surface area contributed by atoms with Crippen LogP contribution in [0.3, 0.4) is 0 Å². The van der Waals surface area contributed by atoms with Gasteiger partial charge in [0, 0.05) is 29.6 Å². The Balaban J connectivity index is 1.67. The fraction of sp³-hybridized carbons (Fsp3) is 0.333. The van der Waals surface area contributed by atoms with Crippen LogP contribution in [-0.2, 0) is 13.0 Å². The average Bonchev–Trinajstić information content (AvgIpc) is 2.86. The maximum absolute atomic E-state index is 10.6. The number of aryl methyl sites for hydroxylation is 1. The second-order valence-electron chi connectivity index (χ2n) is 5.18. The first kappa shape index (κ1) is 14.7. The monoisotopic (exact) mass is 366 g/mol. The van der Waals surface area contributed by atoms with Crippen LogP contribution in [0.1, 0.15) is 34.9 Å². The van der Waals surface area contributed by atoms with Gasteiger partial charge < -0.3 is 5.32 Å². The molecular weight excluding hydrogens is 352 g/mol. The van der Waals surface area contributed by atoms with E-state index in [1.165, 1.54) is 27.1 Å². The van der Waals surface area contributed by atoms with E-state index in [2.05, 4.69) is 27.3 Å². The first-order chi connectivity index (χ1) is 10.1. The summed E-state index contributed by atoms with van der Waals surface area (Å²) in [5, 5.41) is 14.2. The molecule has 1 atom stereocenters. The largest absolute Gasteiger partial charge is 0.306 e. The third-order valence-electron chi connectivity index (χ3n) is 3.78. The Morgan fingerprint density at radius 3 is 2.86 bits per heavy atom. The van der Waals surface area contributed by atoms with Gasteiger partial charge in [-0.3, -0.25) is 10.1 Å². The van der Waals surface area contributed by atoms with Gasteiger partial charge in [0.05, 0.1) is 8.71 Å². The van der Waals surface area contributed by atoms with Crippen molar-refractivity contribution in [1.82, 2.24) is 5.32 Å². The zero-order valence-corrected chi connectivity index (χ0v) is 13.7. The van der Waals surface area contributed by atoms with Crippen molar-refractivity contribution in [1.29, 1.82) is 0 Å². The van der Waals surface area contributed by atoms with Crippen LogP contribution in [0, 0.1) is 10.1 Å². The highest BCUT2D eigenvalue weighted by Gasteiger charge is 2.22. The molecule has 110 valence electrons. The molecule has 3 rings (SSSR count). The van der Waals surface area contributed by atoms with E-state index in [4.69, 9.17) is 0 Å². The van der Waals surface area contributed by atoms with Gasteiger partial charge in [-0.05, 0) is 52.4 Å². The van der Waals surface area contributed by atoms with Gasteiger partial charge in [-0.15, -0.1) is 11.3 Å². The molecule has 1 heterocycles. The molecule has 6 heteroatoms. The topological polar surface area (TPSA) is 55.2 Å². The molecule has 0 saturated carbocycles. The van der Waals surface area contributed by atoms with Crippen LogP contribution in [0.4, 0.5) is 5.69 Å². The summed E-state index contributed by atoms with van der Waals surface area (Å²) in [6.45, 7) is 0.732. The van der Waals surface area contributed by atoms with Crippen LogP contribution < -0.4 is 5.32 Å². The van der Waals surface area contributed by atoms with Gasteiger partial charge in [0.1, 0.15) is 0 Å². The fourth-order valence-electron chi connectivity index (χ4n) is 2.71. The normalized spacial score (nSPS) is 17.5. The molecule has 0 aliphatic heterocycles. The van der Waals surface area contributed by atoms with E-state index >= 15 is 0 Å². The summed E-state index contributed by atoms with van der Waals surface area (Å²) >= 11 is 5.39. The summed E-state index contributed by atoms with van der Waals surface area (Å²) in [6.07, 6.45) is 3.52. The lowest BCUT2D eigenvalue weighted by Crippen LogP contribution is -2.23. The molecule has 1 aliphatic rings. The molecule has 0 bridgehead atoms. The zero-order valence-electron chi connectivity index (χ0n) is 11.3. The highest BCUT2D eigenvalue weighted by molar-refractivity contribution is 9.11. The molecule has 2 aromatic rings. The molecule has 1 N–H and O–H groups in total. The van der Waals surface area contributed by atoms with Crippen LogP contribution in [-0.4, -0.2) is 4.92 Å². The summed E-state index contributed by atoms with van der Waals surface area (Å²) in [5.41, 5.74) is 2.61. The number of nitrogens with one attached hydrogen (secondary N) is 1. The Bertz CT molecular complexity index is 654. The SMILES string of the molecule is O=[N+]([O-])c1ccc(CNC2CCCc3sc(Br)cc32)cc1. The number of hydrogen-bond donors (Lipinski definition) is 1. The van der Waals surface area contributed by atoms with Gasteiger partial charge in [-0.2, -0.15) is 0 Å². The van der Waals surface area contributed by atoms with Gasteiger partial charge >= 0.3 is 0 Å². The van der Waals surface area contributed by atoms with Crippen LogP contribution in [0.15, 0.2) is 34.1 Å². The number of rotatable bonds is 4. The summed E-state index contributed by atoms with van der Waals surface area (Å²) in [6, 6.07) is 9.35. The van der Waals surface area contributed by atoms with Gasteiger partial charge in [0.25, 0.3) is 5.69 Å². The van der Waals surface area contributed by atoms with Crippen molar-refractivity contribution in [3.8, 4) is 0 Å². The van der Waals surface area contributed by atoms with E-state index in [0.717, 1.165) is 18.5 Å². The number of nitrogens with zero attached hydrogens (tertiary/aromatic N) is 1. The van der Waals surface area contributed by atoms with Crippen LogP contribution >= 0.6 is 27.3 Å². The Kier molecular flexibility index (Phi) is 4.37. The predicted molar refractivity (Wildman–Crippen MR) is 87.6 cm³/mol. The van der Waals surface area contributed by atoms with Gasteiger partial charge in [-0.25, -0.2) is 0 Å². The Morgan fingerprint density at radius 2 is 2.14 bits per heavy atom. The van der Waals surface area contributed by atoms with Gasteiger partial charge in [0.2, 0.25) is 0 Å². The van der Waals surface area contributed by atoms with E-state index in [1.807, 2.05) is 23.5 Å². The highest BCUT2D eigenvalue weighted by atomic mass is 79.9. The van der Waals surface area contributed by atoms with Crippen LogP contribution in [0.5, 0.6) is 0 Å². The fourth-order valence-corrected chi connectivity index (χ4v) is 4.53. The minimum absolute atomic E-state index is 0.139. The molecule has 0 spiro atoms. The number of thiophene rings is 1. The van der Waals surface area contributed by atoms with E-state index in [0.29, 0.717) is 6.04 Å². The molecule has 1 aromatic heterocycles.